The van der Waals surface area contributed by atoms with Gasteiger partial charge in [0, 0.05) is 5.75 Å². The van der Waals surface area contributed by atoms with E-state index in [1.54, 1.807) is 0 Å². The fourth-order valence-electron chi connectivity index (χ4n) is 1.44. The number of benzene rings is 1. The van der Waals surface area contributed by atoms with Crippen molar-refractivity contribution in [3.05, 3.63) is 40.1 Å². The van der Waals surface area contributed by atoms with Crippen LogP contribution in [-0.2, 0) is 0 Å². The SMILES string of the molecule is CC.CCCSc1nc(Cl)c(N=Nc2ccc(C)cc2)c(Cl)n1. The maximum Gasteiger partial charge on any atom is 0.190 e. The Morgan fingerprint density at radius 2 is 1.57 bits per heavy atom. The van der Waals surface area contributed by atoms with Crippen molar-refractivity contribution < 1.29 is 0 Å². The average Bonchev–Trinajstić information content (AvgIpc) is 2.55. The topological polar surface area (TPSA) is 50.5 Å². The third-order valence-electron chi connectivity index (χ3n) is 2.51. The number of hydrogen-bond acceptors (Lipinski definition) is 5. The average molecular weight is 371 g/mol. The van der Waals surface area contributed by atoms with Crippen LogP contribution in [0.25, 0.3) is 0 Å². The van der Waals surface area contributed by atoms with Gasteiger partial charge in [0.15, 0.2) is 21.2 Å². The van der Waals surface area contributed by atoms with Gasteiger partial charge in [0.1, 0.15) is 0 Å². The van der Waals surface area contributed by atoms with Gasteiger partial charge in [-0.1, -0.05) is 73.4 Å². The molecule has 23 heavy (non-hydrogen) atoms. The van der Waals surface area contributed by atoms with Crippen LogP contribution in [0.15, 0.2) is 39.7 Å². The zero-order chi connectivity index (χ0) is 17.2. The van der Waals surface area contributed by atoms with Crippen molar-refractivity contribution in [1.29, 1.82) is 0 Å². The number of aromatic nitrogens is 2. The molecule has 7 heteroatoms. The molecule has 2 rings (SSSR count). The number of azo groups is 1. The van der Waals surface area contributed by atoms with Crippen molar-refractivity contribution in [2.75, 3.05) is 5.75 Å². The van der Waals surface area contributed by atoms with Crippen LogP contribution in [-0.4, -0.2) is 15.7 Å². The minimum Gasteiger partial charge on any atom is -0.208 e. The number of nitrogens with zero attached hydrogens (tertiary/aromatic N) is 4. The standard InChI is InChI=1S/C14H14Cl2N4S.C2H6/c1-3-8-21-14-17-12(15)11(13(16)18-14)20-19-10-6-4-9(2)5-7-10;1-2/h4-7H,3,8H2,1-2H3;1-2H3. The molecule has 0 spiro atoms. The Kier molecular flexibility index (Phi) is 9.14. The van der Waals surface area contributed by atoms with E-state index in [-0.39, 0.29) is 10.3 Å². The lowest BCUT2D eigenvalue weighted by Crippen LogP contribution is -1.90. The van der Waals surface area contributed by atoms with Gasteiger partial charge in [-0.05, 0) is 25.5 Å². The van der Waals surface area contributed by atoms with Gasteiger partial charge in [0.25, 0.3) is 0 Å². The minimum absolute atomic E-state index is 0.212. The molecule has 0 fully saturated rings. The van der Waals surface area contributed by atoms with E-state index in [1.807, 2.05) is 45.0 Å². The molecule has 1 aromatic carbocycles. The Labute approximate surface area is 151 Å². The summed E-state index contributed by atoms with van der Waals surface area (Å²) in [6, 6.07) is 7.65. The third-order valence-corrected chi connectivity index (χ3v) is 4.09. The van der Waals surface area contributed by atoms with Crippen LogP contribution in [0.2, 0.25) is 10.3 Å². The summed E-state index contributed by atoms with van der Waals surface area (Å²) < 4.78 is 0. The fourth-order valence-corrected chi connectivity index (χ4v) is 2.71. The maximum absolute atomic E-state index is 6.10. The van der Waals surface area contributed by atoms with E-state index in [4.69, 9.17) is 23.2 Å². The predicted molar refractivity (Wildman–Crippen MR) is 99.8 cm³/mol. The molecular formula is C16H20Cl2N4S. The Morgan fingerprint density at radius 3 is 2.09 bits per heavy atom. The monoisotopic (exact) mass is 370 g/mol. The molecule has 0 unspecified atom stereocenters. The van der Waals surface area contributed by atoms with Gasteiger partial charge < -0.3 is 0 Å². The van der Waals surface area contributed by atoms with Crippen LogP contribution in [0.1, 0.15) is 32.8 Å². The molecule has 0 saturated carbocycles. The molecule has 0 aliphatic rings. The predicted octanol–water partition coefficient (Wildman–Crippen LogP) is 7.04. The molecule has 0 N–H and O–H groups in total. The van der Waals surface area contributed by atoms with Crippen LogP contribution < -0.4 is 0 Å². The number of rotatable bonds is 5. The lowest BCUT2D eigenvalue weighted by atomic mass is 10.2. The molecule has 0 aliphatic heterocycles. The summed E-state index contributed by atoms with van der Waals surface area (Å²) in [4.78, 5) is 8.35. The van der Waals surface area contributed by atoms with Gasteiger partial charge >= 0.3 is 0 Å². The van der Waals surface area contributed by atoms with Crippen molar-refractivity contribution in [2.24, 2.45) is 10.2 Å². The van der Waals surface area contributed by atoms with E-state index < -0.39 is 0 Å². The van der Waals surface area contributed by atoms with Crippen molar-refractivity contribution in [2.45, 2.75) is 39.3 Å². The quantitative estimate of drug-likeness (QED) is 0.245. The second-order valence-electron chi connectivity index (χ2n) is 4.32. The van der Waals surface area contributed by atoms with E-state index >= 15 is 0 Å². The van der Waals surface area contributed by atoms with Gasteiger partial charge in [-0.2, -0.15) is 5.11 Å². The van der Waals surface area contributed by atoms with Gasteiger partial charge in [-0.3, -0.25) is 0 Å². The van der Waals surface area contributed by atoms with Gasteiger partial charge in [-0.25, -0.2) is 9.97 Å². The molecule has 0 atom stereocenters. The van der Waals surface area contributed by atoms with Crippen LogP contribution in [0.3, 0.4) is 0 Å². The molecule has 2 aromatic rings. The zero-order valence-electron chi connectivity index (χ0n) is 13.7. The van der Waals surface area contributed by atoms with Crippen LogP contribution in [0, 0.1) is 6.92 Å². The summed E-state index contributed by atoms with van der Waals surface area (Å²) in [6.45, 7) is 8.09. The summed E-state index contributed by atoms with van der Waals surface area (Å²) in [5, 5.41) is 9.14. The summed E-state index contributed by atoms with van der Waals surface area (Å²) in [5.74, 6) is 0.914. The normalized spacial score (nSPS) is 10.5. The van der Waals surface area contributed by atoms with E-state index in [9.17, 15) is 0 Å². The lowest BCUT2D eigenvalue weighted by Gasteiger charge is -2.03. The first-order chi connectivity index (χ1) is 11.1. The third kappa shape index (κ3) is 6.45. The van der Waals surface area contributed by atoms with Crippen molar-refractivity contribution in [3.8, 4) is 0 Å². The van der Waals surface area contributed by atoms with E-state index in [0.717, 1.165) is 23.4 Å². The highest BCUT2D eigenvalue weighted by atomic mass is 35.5. The Bertz CT molecular complexity index is 622. The van der Waals surface area contributed by atoms with E-state index in [1.165, 1.54) is 11.8 Å². The molecule has 4 nitrogen and oxygen atoms in total. The van der Waals surface area contributed by atoms with Gasteiger partial charge in [-0.15, -0.1) is 5.11 Å². The second kappa shape index (κ2) is 10.6. The first kappa shape index (κ1) is 19.9. The fraction of sp³-hybridized carbons (Fsp3) is 0.375. The summed E-state index contributed by atoms with van der Waals surface area (Å²) in [5.41, 5.74) is 2.17. The van der Waals surface area contributed by atoms with Crippen molar-refractivity contribution >= 4 is 46.3 Å². The number of halogens is 2. The van der Waals surface area contributed by atoms with Crippen molar-refractivity contribution in [1.82, 2.24) is 9.97 Å². The Morgan fingerprint density at radius 1 is 1.00 bits per heavy atom. The molecule has 0 amide bonds. The van der Waals surface area contributed by atoms with Gasteiger partial charge in [0.2, 0.25) is 0 Å². The first-order valence-corrected chi connectivity index (χ1v) is 9.18. The number of thioether (sulfide) groups is 1. The van der Waals surface area contributed by atoms with E-state index in [0.29, 0.717) is 10.8 Å². The van der Waals surface area contributed by atoms with Crippen LogP contribution in [0.5, 0.6) is 0 Å². The highest BCUT2D eigenvalue weighted by Gasteiger charge is 2.11. The smallest absolute Gasteiger partial charge is 0.190 e. The molecular weight excluding hydrogens is 351 g/mol. The highest BCUT2D eigenvalue weighted by molar-refractivity contribution is 7.99. The van der Waals surface area contributed by atoms with Gasteiger partial charge in [0.05, 0.1) is 5.69 Å². The largest absolute Gasteiger partial charge is 0.208 e. The molecule has 124 valence electrons. The number of aryl methyl sites for hydroxylation is 1. The molecule has 0 aliphatic carbocycles. The minimum atomic E-state index is 0.212. The summed E-state index contributed by atoms with van der Waals surface area (Å²) >= 11 is 13.7. The van der Waals surface area contributed by atoms with Crippen molar-refractivity contribution in [3.63, 3.8) is 0 Å². The molecule has 1 aromatic heterocycles. The molecule has 0 bridgehead atoms. The van der Waals surface area contributed by atoms with Crippen LogP contribution >= 0.6 is 35.0 Å². The molecule has 0 saturated heterocycles. The zero-order valence-corrected chi connectivity index (χ0v) is 16.0. The summed E-state index contributed by atoms with van der Waals surface area (Å²) in [6.07, 6.45) is 1.03. The van der Waals surface area contributed by atoms with E-state index in [2.05, 4.69) is 27.1 Å². The second-order valence-corrected chi connectivity index (χ2v) is 6.10. The maximum atomic E-state index is 6.10. The Hall–Kier alpha value is -1.17. The molecule has 1 heterocycles. The molecule has 0 radical (unpaired) electrons. The number of hydrogen-bond donors (Lipinski definition) is 0. The highest BCUT2D eigenvalue weighted by Crippen LogP contribution is 2.33. The Balaban J connectivity index is 0.00000127. The van der Waals surface area contributed by atoms with Crippen LogP contribution in [0.4, 0.5) is 11.4 Å². The summed E-state index contributed by atoms with van der Waals surface area (Å²) in [7, 11) is 0. The lowest BCUT2D eigenvalue weighted by molar-refractivity contribution is 0.955. The first-order valence-electron chi connectivity index (χ1n) is 7.44.